The van der Waals surface area contributed by atoms with Crippen molar-refractivity contribution in [3.05, 3.63) is 28.8 Å². The smallest absolute Gasteiger partial charge is 0.310 e. The predicted molar refractivity (Wildman–Crippen MR) is 59.1 cm³/mol. The van der Waals surface area contributed by atoms with E-state index in [0.717, 1.165) is 0 Å². The fourth-order valence-electron chi connectivity index (χ4n) is 1.45. The number of rotatable bonds is 4. The second-order valence-corrected chi connectivity index (χ2v) is 3.39. The van der Waals surface area contributed by atoms with Crippen molar-refractivity contribution >= 4 is 5.97 Å². The molecule has 0 aliphatic heterocycles. The maximum atomic E-state index is 11.3. The fraction of sp³-hybridized carbons (Fsp3) is 0.333. The SMILES string of the molecule is CCOC(=O)Cc1cc(C#N)cc(CO)c1O. The Morgan fingerprint density at radius 1 is 1.47 bits per heavy atom. The summed E-state index contributed by atoms with van der Waals surface area (Å²) >= 11 is 0. The Kier molecular flexibility index (Phi) is 4.49. The number of hydrogen-bond acceptors (Lipinski definition) is 5. The van der Waals surface area contributed by atoms with Gasteiger partial charge in [0.1, 0.15) is 5.75 Å². The molecule has 5 heteroatoms. The Labute approximate surface area is 98.9 Å². The molecule has 0 saturated heterocycles. The summed E-state index contributed by atoms with van der Waals surface area (Å²) in [4.78, 5) is 11.3. The Morgan fingerprint density at radius 2 is 2.12 bits per heavy atom. The first-order valence-electron chi connectivity index (χ1n) is 5.13. The van der Waals surface area contributed by atoms with E-state index in [4.69, 9.17) is 15.1 Å². The van der Waals surface area contributed by atoms with Gasteiger partial charge in [0.2, 0.25) is 0 Å². The zero-order valence-corrected chi connectivity index (χ0v) is 9.43. The average Bonchev–Trinajstić information content (AvgIpc) is 2.32. The van der Waals surface area contributed by atoms with Crippen molar-refractivity contribution in [2.75, 3.05) is 6.61 Å². The zero-order valence-electron chi connectivity index (χ0n) is 9.43. The van der Waals surface area contributed by atoms with E-state index in [-0.39, 0.29) is 35.5 Å². The maximum Gasteiger partial charge on any atom is 0.310 e. The molecular formula is C12H13NO4. The summed E-state index contributed by atoms with van der Waals surface area (Å²) in [5.41, 5.74) is 0.793. The number of ether oxygens (including phenoxy) is 1. The summed E-state index contributed by atoms with van der Waals surface area (Å²) in [6.07, 6.45) is -0.123. The van der Waals surface area contributed by atoms with Crippen molar-refractivity contribution in [2.24, 2.45) is 0 Å². The summed E-state index contributed by atoms with van der Waals surface area (Å²) < 4.78 is 4.75. The van der Waals surface area contributed by atoms with Gasteiger partial charge in [-0.25, -0.2) is 0 Å². The number of aromatic hydroxyl groups is 1. The van der Waals surface area contributed by atoms with Gasteiger partial charge >= 0.3 is 5.97 Å². The Hall–Kier alpha value is -2.06. The monoisotopic (exact) mass is 235 g/mol. The van der Waals surface area contributed by atoms with E-state index < -0.39 is 12.6 Å². The van der Waals surface area contributed by atoms with E-state index >= 15 is 0 Å². The maximum absolute atomic E-state index is 11.3. The van der Waals surface area contributed by atoms with Crippen LogP contribution in [0.1, 0.15) is 23.6 Å². The Balaban J connectivity index is 3.06. The van der Waals surface area contributed by atoms with Crippen LogP contribution < -0.4 is 0 Å². The van der Waals surface area contributed by atoms with Crippen molar-refractivity contribution in [2.45, 2.75) is 20.0 Å². The molecule has 0 bridgehead atoms. The average molecular weight is 235 g/mol. The normalized spacial score (nSPS) is 9.71. The van der Waals surface area contributed by atoms with Gasteiger partial charge < -0.3 is 14.9 Å². The van der Waals surface area contributed by atoms with Crippen LogP contribution in [0.3, 0.4) is 0 Å². The molecule has 1 aromatic carbocycles. The number of hydrogen-bond donors (Lipinski definition) is 2. The summed E-state index contributed by atoms with van der Waals surface area (Å²) in [5.74, 6) is -0.652. The Morgan fingerprint density at radius 3 is 2.65 bits per heavy atom. The van der Waals surface area contributed by atoms with E-state index in [9.17, 15) is 9.90 Å². The lowest BCUT2D eigenvalue weighted by Gasteiger charge is -2.08. The number of aliphatic hydroxyl groups excluding tert-OH is 1. The number of phenols is 1. The van der Waals surface area contributed by atoms with Gasteiger partial charge in [0.25, 0.3) is 0 Å². The number of esters is 1. The van der Waals surface area contributed by atoms with Gasteiger partial charge in [0.15, 0.2) is 0 Å². The van der Waals surface area contributed by atoms with Crippen molar-refractivity contribution in [3.63, 3.8) is 0 Å². The largest absolute Gasteiger partial charge is 0.507 e. The van der Waals surface area contributed by atoms with Crippen LogP contribution in [-0.4, -0.2) is 22.8 Å². The highest BCUT2D eigenvalue weighted by Crippen LogP contribution is 2.25. The molecule has 0 spiro atoms. The first kappa shape index (κ1) is 13.0. The van der Waals surface area contributed by atoms with Crippen LogP contribution in [0.2, 0.25) is 0 Å². The van der Waals surface area contributed by atoms with Crippen LogP contribution in [0.4, 0.5) is 0 Å². The van der Waals surface area contributed by atoms with Gasteiger partial charge in [-0.1, -0.05) is 0 Å². The van der Waals surface area contributed by atoms with Crippen LogP contribution in [-0.2, 0) is 22.6 Å². The van der Waals surface area contributed by atoms with Gasteiger partial charge in [-0.2, -0.15) is 5.26 Å². The standard InChI is InChI=1S/C12H13NO4/c1-2-17-11(15)5-9-3-8(6-13)4-10(7-14)12(9)16/h3-4,14,16H,2,5,7H2,1H3. The Bertz CT molecular complexity index is 462. The lowest BCUT2D eigenvalue weighted by atomic mass is 10.0. The number of carbonyl (C=O) groups excluding carboxylic acids is 1. The first-order valence-corrected chi connectivity index (χ1v) is 5.13. The highest BCUT2D eigenvalue weighted by molar-refractivity contribution is 5.74. The van der Waals surface area contributed by atoms with E-state index in [2.05, 4.69) is 0 Å². The molecule has 0 saturated carbocycles. The van der Waals surface area contributed by atoms with Gasteiger partial charge in [0, 0.05) is 11.1 Å². The molecule has 17 heavy (non-hydrogen) atoms. The van der Waals surface area contributed by atoms with E-state index in [1.54, 1.807) is 6.92 Å². The molecule has 1 rings (SSSR count). The molecule has 0 fully saturated rings. The summed E-state index contributed by atoms with van der Waals surface area (Å²) in [6, 6.07) is 4.69. The third kappa shape index (κ3) is 3.20. The second-order valence-electron chi connectivity index (χ2n) is 3.39. The zero-order chi connectivity index (χ0) is 12.8. The molecule has 0 amide bonds. The van der Waals surface area contributed by atoms with Gasteiger partial charge in [-0.05, 0) is 19.1 Å². The summed E-state index contributed by atoms with van der Waals surface area (Å²) in [5, 5.41) is 27.5. The number of aliphatic hydroxyl groups is 1. The van der Waals surface area contributed by atoms with E-state index in [1.807, 2.05) is 6.07 Å². The molecule has 0 heterocycles. The highest BCUT2D eigenvalue weighted by Gasteiger charge is 2.13. The lowest BCUT2D eigenvalue weighted by molar-refractivity contribution is -0.142. The van der Waals surface area contributed by atoms with Crippen molar-refractivity contribution in [1.29, 1.82) is 5.26 Å². The lowest BCUT2D eigenvalue weighted by Crippen LogP contribution is -2.08. The summed E-state index contributed by atoms with van der Waals surface area (Å²) in [6.45, 7) is 1.55. The quantitative estimate of drug-likeness (QED) is 0.755. The van der Waals surface area contributed by atoms with Crippen LogP contribution in [0.25, 0.3) is 0 Å². The van der Waals surface area contributed by atoms with Crippen LogP contribution in [0.15, 0.2) is 12.1 Å². The highest BCUT2D eigenvalue weighted by atomic mass is 16.5. The van der Waals surface area contributed by atoms with E-state index in [1.165, 1.54) is 12.1 Å². The molecule has 2 N–H and O–H groups in total. The number of nitrogens with zero attached hydrogens (tertiary/aromatic N) is 1. The van der Waals surface area contributed by atoms with Gasteiger partial charge in [-0.15, -0.1) is 0 Å². The minimum absolute atomic E-state index is 0.123. The van der Waals surface area contributed by atoms with E-state index in [0.29, 0.717) is 0 Å². The van der Waals surface area contributed by atoms with Crippen LogP contribution in [0, 0.1) is 11.3 Å². The van der Waals surface area contributed by atoms with Crippen LogP contribution >= 0.6 is 0 Å². The summed E-state index contributed by atoms with van der Waals surface area (Å²) in [7, 11) is 0. The van der Waals surface area contributed by atoms with Gasteiger partial charge in [0.05, 0.1) is 31.3 Å². The minimum atomic E-state index is -0.484. The molecule has 0 radical (unpaired) electrons. The molecule has 0 aliphatic rings. The topological polar surface area (TPSA) is 90.6 Å². The fourth-order valence-corrected chi connectivity index (χ4v) is 1.45. The number of nitriles is 1. The second kappa shape index (κ2) is 5.87. The van der Waals surface area contributed by atoms with Gasteiger partial charge in [-0.3, -0.25) is 4.79 Å². The third-order valence-electron chi connectivity index (χ3n) is 2.21. The molecular weight excluding hydrogens is 222 g/mol. The minimum Gasteiger partial charge on any atom is -0.507 e. The van der Waals surface area contributed by atoms with Crippen molar-refractivity contribution in [1.82, 2.24) is 0 Å². The molecule has 1 aromatic rings. The first-order chi connectivity index (χ1) is 8.12. The predicted octanol–water partition coefficient (Wildman–Crippen LogP) is 0.862. The number of carbonyl (C=O) groups is 1. The number of benzene rings is 1. The molecule has 5 nitrogen and oxygen atoms in total. The molecule has 0 aromatic heterocycles. The molecule has 0 unspecified atom stereocenters. The molecule has 0 atom stereocenters. The van der Waals surface area contributed by atoms with Crippen molar-refractivity contribution < 1.29 is 19.7 Å². The molecule has 0 aliphatic carbocycles. The van der Waals surface area contributed by atoms with Crippen LogP contribution in [0.5, 0.6) is 5.75 Å². The van der Waals surface area contributed by atoms with Crippen molar-refractivity contribution in [3.8, 4) is 11.8 Å². The third-order valence-corrected chi connectivity index (χ3v) is 2.21. The molecule has 90 valence electrons.